The van der Waals surface area contributed by atoms with E-state index in [2.05, 4.69) is 4.72 Å². The number of ether oxygens (including phenoxy) is 1. The molecule has 1 aromatic rings. The summed E-state index contributed by atoms with van der Waals surface area (Å²) in [5, 5.41) is 0. The molecule has 24 heavy (non-hydrogen) atoms. The van der Waals surface area contributed by atoms with Crippen molar-refractivity contribution < 1.29 is 22.5 Å². The molecule has 0 unspecified atom stereocenters. The molecule has 1 aliphatic carbocycles. The van der Waals surface area contributed by atoms with Crippen LogP contribution < -0.4 is 14.9 Å². The number of sulfonamides is 1. The van der Waals surface area contributed by atoms with Crippen molar-refractivity contribution in [2.45, 2.75) is 57.8 Å². The third-order valence-electron chi connectivity index (χ3n) is 4.64. The van der Waals surface area contributed by atoms with Gasteiger partial charge in [-0.15, -0.1) is 0 Å². The Morgan fingerprint density at radius 3 is 2.25 bits per heavy atom. The standard InChI is InChI=1S/C16H24BNO5S/c1-15(2)16(3,4)23-17(22-15)11-6-9-14(21-12-7-8-12)13(10-11)18-24(5,19)20/h6,9-10,12,18H,7-8H2,1-5H3. The molecule has 1 saturated heterocycles. The normalized spacial score (nSPS) is 22.5. The number of hydrogen-bond donors (Lipinski definition) is 1. The fraction of sp³-hybridized carbons (Fsp3) is 0.625. The van der Waals surface area contributed by atoms with Crippen LogP contribution in [0.15, 0.2) is 18.2 Å². The lowest BCUT2D eigenvalue weighted by molar-refractivity contribution is 0.00578. The maximum atomic E-state index is 11.7. The van der Waals surface area contributed by atoms with Gasteiger partial charge < -0.3 is 14.0 Å². The first kappa shape index (κ1) is 17.6. The van der Waals surface area contributed by atoms with Gasteiger partial charge in [0.05, 0.1) is 29.2 Å². The number of rotatable bonds is 5. The molecule has 0 spiro atoms. The van der Waals surface area contributed by atoms with Gasteiger partial charge in [-0.1, -0.05) is 6.07 Å². The Kier molecular flexibility index (Phi) is 4.13. The highest BCUT2D eigenvalue weighted by atomic mass is 32.2. The lowest BCUT2D eigenvalue weighted by Gasteiger charge is -2.32. The average molecular weight is 353 g/mol. The van der Waals surface area contributed by atoms with Crippen LogP contribution in [-0.2, 0) is 19.3 Å². The van der Waals surface area contributed by atoms with Gasteiger partial charge in [-0.25, -0.2) is 8.42 Å². The van der Waals surface area contributed by atoms with Crippen LogP contribution in [-0.4, -0.2) is 39.1 Å². The number of anilines is 1. The summed E-state index contributed by atoms with van der Waals surface area (Å²) in [6, 6.07) is 5.35. The van der Waals surface area contributed by atoms with Gasteiger partial charge in [-0.05, 0) is 58.1 Å². The predicted molar refractivity (Wildman–Crippen MR) is 94.3 cm³/mol. The van der Waals surface area contributed by atoms with Gasteiger partial charge in [-0.3, -0.25) is 4.72 Å². The molecule has 3 rings (SSSR count). The number of benzene rings is 1. The summed E-state index contributed by atoms with van der Waals surface area (Å²) in [4.78, 5) is 0. The molecule has 0 amide bonds. The Balaban J connectivity index is 1.91. The third-order valence-corrected chi connectivity index (χ3v) is 5.23. The molecule has 132 valence electrons. The zero-order valence-electron chi connectivity index (χ0n) is 14.8. The van der Waals surface area contributed by atoms with E-state index < -0.39 is 28.3 Å². The summed E-state index contributed by atoms with van der Waals surface area (Å²) < 4.78 is 43.7. The molecule has 0 atom stereocenters. The van der Waals surface area contributed by atoms with E-state index in [-0.39, 0.29) is 6.10 Å². The molecule has 1 N–H and O–H groups in total. The van der Waals surface area contributed by atoms with Crippen LogP contribution in [0, 0.1) is 0 Å². The SMILES string of the molecule is CC1(C)OB(c2ccc(OC3CC3)c(NS(C)(=O)=O)c2)OC1(C)C. The minimum Gasteiger partial charge on any atom is -0.488 e. The summed E-state index contributed by atoms with van der Waals surface area (Å²) in [7, 11) is -3.96. The third kappa shape index (κ3) is 3.71. The van der Waals surface area contributed by atoms with Crippen LogP contribution in [0.1, 0.15) is 40.5 Å². The fourth-order valence-corrected chi connectivity index (χ4v) is 2.98. The molecular weight excluding hydrogens is 329 g/mol. The average Bonchev–Trinajstić information content (AvgIpc) is 3.17. The molecule has 0 aromatic heterocycles. The zero-order valence-corrected chi connectivity index (χ0v) is 15.6. The van der Waals surface area contributed by atoms with Gasteiger partial charge in [0.15, 0.2) is 0 Å². The highest BCUT2D eigenvalue weighted by molar-refractivity contribution is 7.92. The van der Waals surface area contributed by atoms with Crippen LogP contribution in [0.25, 0.3) is 0 Å². The quantitative estimate of drug-likeness (QED) is 0.819. The lowest BCUT2D eigenvalue weighted by atomic mass is 9.79. The first-order valence-electron chi connectivity index (χ1n) is 8.11. The molecular formula is C16H24BNO5S. The molecule has 2 aliphatic rings. The Morgan fingerprint density at radius 1 is 1.17 bits per heavy atom. The Labute approximate surface area is 144 Å². The Bertz CT molecular complexity index is 727. The van der Waals surface area contributed by atoms with Crippen LogP contribution in [0.4, 0.5) is 5.69 Å². The van der Waals surface area contributed by atoms with Crippen LogP contribution >= 0.6 is 0 Å². The smallest absolute Gasteiger partial charge is 0.488 e. The molecule has 1 heterocycles. The monoisotopic (exact) mass is 353 g/mol. The molecule has 2 fully saturated rings. The van der Waals surface area contributed by atoms with Gasteiger partial charge in [0.25, 0.3) is 0 Å². The molecule has 6 nitrogen and oxygen atoms in total. The van der Waals surface area contributed by atoms with E-state index in [4.69, 9.17) is 14.0 Å². The topological polar surface area (TPSA) is 73.9 Å². The van der Waals surface area contributed by atoms with Crippen molar-refractivity contribution in [3.05, 3.63) is 18.2 Å². The van der Waals surface area contributed by atoms with E-state index in [9.17, 15) is 8.42 Å². The van der Waals surface area contributed by atoms with Crippen molar-refractivity contribution in [2.75, 3.05) is 11.0 Å². The van der Waals surface area contributed by atoms with E-state index in [0.717, 1.165) is 24.6 Å². The second-order valence-corrected chi connectivity index (χ2v) is 9.28. The number of hydrogen-bond acceptors (Lipinski definition) is 5. The van der Waals surface area contributed by atoms with Crippen LogP contribution in [0.5, 0.6) is 5.75 Å². The van der Waals surface area contributed by atoms with Crippen molar-refractivity contribution >= 4 is 28.3 Å². The lowest BCUT2D eigenvalue weighted by Crippen LogP contribution is -2.41. The molecule has 0 bridgehead atoms. The fourth-order valence-electron chi connectivity index (χ4n) is 2.42. The largest absolute Gasteiger partial charge is 0.494 e. The van der Waals surface area contributed by atoms with E-state index in [1.807, 2.05) is 33.8 Å². The van der Waals surface area contributed by atoms with Gasteiger partial charge in [-0.2, -0.15) is 0 Å². The van der Waals surface area contributed by atoms with Gasteiger partial charge >= 0.3 is 7.12 Å². The maximum absolute atomic E-state index is 11.7. The second-order valence-electron chi connectivity index (χ2n) is 7.54. The molecule has 1 saturated carbocycles. The van der Waals surface area contributed by atoms with Crippen molar-refractivity contribution in [1.29, 1.82) is 0 Å². The van der Waals surface area contributed by atoms with Gasteiger partial charge in [0.1, 0.15) is 5.75 Å². The van der Waals surface area contributed by atoms with E-state index >= 15 is 0 Å². The summed E-state index contributed by atoms with van der Waals surface area (Å²) in [5.41, 5.74) is 0.260. The Hall–Kier alpha value is -1.25. The van der Waals surface area contributed by atoms with Crippen LogP contribution in [0.2, 0.25) is 0 Å². The summed E-state index contributed by atoms with van der Waals surface area (Å²) in [6.45, 7) is 7.92. The summed E-state index contributed by atoms with van der Waals surface area (Å²) in [6.07, 6.45) is 3.29. The van der Waals surface area contributed by atoms with Crippen molar-refractivity contribution in [2.24, 2.45) is 0 Å². The summed E-state index contributed by atoms with van der Waals surface area (Å²) >= 11 is 0. The van der Waals surface area contributed by atoms with Crippen LogP contribution in [0.3, 0.4) is 0 Å². The highest BCUT2D eigenvalue weighted by Crippen LogP contribution is 2.37. The minimum absolute atomic E-state index is 0.174. The predicted octanol–water partition coefficient (Wildman–Crippen LogP) is 1.90. The highest BCUT2D eigenvalue weighted by Gasteiger charge is 2.51. The first-order chi connectivity index (χ1) is 11.0. The molecule has 1 aromatic carbocycles. The zero-order chi connectivity index (χ0) is 17.8. The maximum Gasteiger partial charge on any atom is 0.494 e. The minimum atomic E-state index is -3.41. The number of nitrogens with one attached hydrogen (secondary N) is 1. The van der Waals surface area contributed by atoms with Crippen molar-refractivity contribution in [3.63, 3.8) is 0 Å². The van der Waals surface area contributed by atoms with Gasteiger partial charge in [0, 0.05) is 0 Å². The van der Waals surface area contributed by atoms with Crippen molar-refractivity contribution in [1.82, 2.24) is 0 Å². The molecule has 1 aliphatic heterocycles. The molecule has 0 radical (unpaired) electrons. The van der Waals surface area contributed by atoms with E-state index in [0.29, 0.717) is 11.4 Å². The van der Waals surface area contributed by atoms with E-state index in [1.165, 1.54) is 0 Å². The first-order valence-corrected chi connectivity index (χ1v) is 10.00. The Morgan fingerprint density at radius 2 is 1.75 bits per heavy atom. The van der Waals surface area contributed by atoms with Crippen molar-refractivity contribution in [3.8, 4) is 5.75 Å². The van der Waals surface area contributed by atoms with Gasteiger partial charge in [0.2, 0.25) is 10.0 Å². The summed E-state index contributed by atoms with van der Waals surface area (Å²) in [5.74, 6) is 0.531. The molecule has 8 heteroatoms. The van der Waals surface area contributed by atoms with E-state index in [1.54, 1.807) is 12.1 Å². The second kappa shape index (κ2) is 5.64.